The van der Waals surface area contributed by atoms with Gasteiger partial charge in [0.2, 0.25) is 0 Å². The van der Waals surface area contributed by atoms with Crippen molar-refractivity contribution >= 4 is 21.8 Å². The highest BCUT2D eigenvalue weighted by molar-refractivity contribution is 7.87. The van der Waals surface area contributed by atoms with Gasteiger partial charge in [-0.2, -0.15) is 12.7 Å². The standard InChI is InChI=1S/C13H14ClN3O2S/c1-10-15-5-7-17(10)20(18,19)16-6-4-11-8-13(14)3-2-12(11)9-16/h2-3,5,7-8H,4,6,9H2,1H3. The van der Waals surface area contributed by atoms with Crippen molar-refractivity contribution < 1.29 is 8.42 Å². The van der Waals surface area contributed by atoms with Gasteiger partial charge in [0.05, 0.1) is 0 Å². The summed E-state index contributed by atoms with van der Waals surface area (Å²) in [6.07, 6.45) is 3.63. The lowest BCUT2D eigenvalue weighted by Crippen LogP contribution is -2.39. The van der Waals surface area contributed by atoms with Crippen LogP contribution in [-0.4, -0.2) is 28.2 Å². The van der Waals surface area contributed by atoms with Crippen LogP contribution >= 0.6 is 11.6 Å². The van der Waals surface area contributed by atoms with E-state index in [0.717, 1.165) is 11.1 Å². The molecule has 0 saturated heterocycles. The number of aryl methyl sites for hydroxylation is 1. The van der Waals surface area contributed by atoms with Crippen molar-refractivity contribution in [2.75, 3.05) is 6.54 Å². The van der Waals surface area contributed by atoms with Crippen molar-refractivity contribution in [2.24, 2.45) is 0 Å². The maximum Gasteiger partial charge on any atom is 0.309 e. The first-order valence-electron chi connectivity index (χ1n) is 6.26. The molecule has 0 saturated carbocycles. The van der Waals surface area contributed by atoms with Crippen LogP contribution in [-0.2, 0) is 23.2 Å². The summed E-state index contributed by atoms with van der Waals surface area (Å²) < 4.78 is 27.8. The molecule has 1 aliphatic heterocycles. The van der Waals surface area contributed by atoms with Gasteiger partial charge < -0.3 is 0 Å². The maximum absolute atomic E-state index is 12.6. The van der Waals surface area contributed by atoms with Crippen LogP contribution in [0.5, 0.6) is 0 Å². The normalized spacial score (nSPS) is 16.1. The Morgan fingerprint density at radius 2 is 2.10 bits per heavy atom. The average molecular weight is 312 g/mol. The molecule has 0 amide bonds. The topological polar surface area (TPSA) is 55.2 Å². The van der Waals surface area contributed by atoms with Crippen LogP contribution in [0, 0.1) is 6.92 Å². The van der Waals surface area contributed by atoms with Crippen LogP contribution in [0.1, 0.15) is 17.0 Å². The van der Waals surface area contributed by atoms with Crippen LogP contribution in [0.4, 0.5) is 0 Å². The van der Waals surface area contributed by atoms with E-state index in [-0.39, 0.29) is 0 Å². The molecule has 0 N–H and O–H groups in total. The van der Waals surface area contributed by atoms with E-state index < -0.39 is 10.2 Å². The van der Waals surface area contributed by atoms with Crippen LogP contribution in [0.3, 0.4) is 0 Å². The minimum absolute atomic E-state index is 0.368. The van der Waals surface area contributed by atoms with Crippen molar-refractivity contribution in [2.45, 2.75) is 19.9 Å². The highest BCUT2D eigenvalue weighted by Gasteiger charge is 2.28. The second kappa shape index (κ2) is 4.87. The van der Waals surface area contributed by atoms with Gasteiger partial charge in [0.15, 0.2) is 0 Å². The number of benzene rings is 1. The van der Waals surface area contributed by atoms with Gasteiger partial charge in [0.25, 0.3) is 0 Å². The monoisotopic (exact) mass is 311 g/mol. The van der Waals surface area contributed by atoms with Crippen LogP contribution < -0.4 is 0 Å². The fourth-order valence-electron chi connectivity index (χ4n) is 2.43. The van der Waals surface area contributed by atoms with Gasteiger partial charge in [-0.05, 0) is 36.6 Å². The smallest absolute Gasteiger partial charge is 0.241 e. The predicted molar refractivity (Wildman–Crippen MR) is 76.8 cm³/mol. The molecule has 0 bridgehead atoms. The number of halogens is 1. The quantitative estimate of drug-likeness (QED) is 0.852. The van der Waals surface area contributed by atoms with Gasteiger partial charge in [-0.15, -0.1) is 0 Å². The lowest BCUT2D eigenvalue weighted by Gasteiger charge is -2.28. The highest BCUT2D eigenvalue weighted by atomic mass is 35.5. The summed E-state index contributed by atoms with van der Waals surface area (Å²) in [5.41, 5.74) is 2.12. The van der Waals surface area contributed by atoms with E-state index in [1.54, 1.807) is 13.0 Å². The van der Waals surface area contributed by atoms with E-state index in [1.807, 2.05) is 12.1 Å². The Balaban J connectivity index is 1.94. The zero-order valence-electron chi connectivity index (χ0n) is 11.0. The van der Waals surface area contributed by atoms with E-state index in [9.17, 15) is 8.42 Å². The summed E-state index contributed by atoms with van der Waals surface area (Å²) in [6, 6.07) is 5.59. The SMILES string of the molecule is Cc1nccn1S(=O)(=O)N1CCc2cc(Cl)ccc2C1. The number of hydrogen-bond donors (Lipinski definition) is 0. The number of hydrogen-bond acceptors (Lipinski definition) is 3. The molecule has 0 aliphatic carbocycles. The zero-order chi connectivity index (χ0) is 14.3. The molecule has 2 heterocycles. The average Bonchev–Trinajstić information content (AvgIpc) is 2.85. The summed E-state index contributed by atoms with van der Waals surface area (Å²) in [5, 5.41) is 0.686. The molecule has 2 aromatic rings. The van der Waals surface area contributed by atoms with Crippen molar-refractivity contribution in [3.63, 3.8) is 0 Å². The van der Waals surface area contributed by atoms with Gasteiger partial charge >= 0.3 is 10.2 Å². The number of rotatable bonds is 2. The third-order valence-electron chi connectivity index (χ3n) is 3.50. The van der Waals surface area contributed by atoms with Crippen molar-refractivity contribution in [1.29, 1.82) is 0 Å². The molecule has 0 spiro atoms. The molecule has 0 radical (unpaired) electrons. The molecule has 3 rings (SSSR count). The van der Waals surface area contributed by atoms with Gasteiger partial charge in [0, 0.05) is 30.5 Å². The van der Waals surface area contributed by atoms with E-state index in [2.05, 4.69) is 4.98 Å². The van der Waals surface area contributed by atoms with E-state index >= 15 is 0 Å². The minimum atomic E-state index is -3.55. The Kier molecular flexibility index (Phi) is 3.32. The fourth-order valence-corrected chi connectivity index (χ4v) is 4.08. The summed E-state index contributed by atoms with van der Waals surface area (Å²) in [6.45, 7) is 2.50. The van der Waals surface area contributed by atoms with Crippen LogP contribution in [0.25, 0.3) is 0 Å². The Hall–Kier alpha value is -1.37. The van der Waals surface area contributed by atoms with Gasteiger partial charge in [0.1, 0.15) is 5.82 Å². The Bertz CT molecular complexity index is 755. The zero-order valence-corrected chi connectivity index (χ0v) is 12.5. The third-order valence-corrected chi connectivity index (χ3v) is 5.59. The molecule has 106 valence electrons. The minimum Gasteiger partial charge on any atom is -0.241 e. The Morgan fingerprint density at radius 3 is 2.80 bits per heavy atom. The third kappa shape index (κ3) is 2.24. The largest absolute Gasteiger partial charge is 0.309 e. The summed E-state index contributed by atoms with van der Waals surface area (Å²) >= 11 is 5.96. The highest BCUT2D eigenvalue weighted by Crippen LogP contribution is 2.25. The molecule has 7 heteroatoms. The molecule has 1 aromatic carbocycles. The van der Waals surface area contributed by atoms with Crippen LogP contribution in [0.2, 0.25) is 5.02 Å². The first-order chi connectivity index (χ1) is 9.48. The number of imidazole rings is 1. The molecule has 0 unspecified atom stereocenters. The van der Waals surface area contributed by atoms with Crippen LogP contribution in [0.15, 0.2) is 30.6 Å². The summed E-state index contributed by atoms with van der Waals surface area (Å²) in [7, 11) is -3.55. The molecule has 1 aliphatic rings. The molecule has 5 nitrogen and oxygen atoms in total. The lowest BCUT2D eigenvalue weighted by molar-refractivity contribution is 0.385. The molecule has 20 heavy (non-hydrogen) atoms. The fraction of sp³-hybridized carbons (Fsp3) is 0.308. The summed E-state index contributed by atoms with van der Waals surface area (Å²) in [4.78, 5) is 3.97. The first kappa shape index (κ1) is 13.6. The van der Waals surface area contributed by atoms with E-state index in [1.165, 1.54) is 20.7 Å². The van der Waals surface area contributed by atoms with Gasteiger partial charge in [-0.3, -0.25) is 0 Å². The van der Waals surface area contributed by atoms with E-state index in [4.69, 9.17) is 11.6 Å². The second-order valence-corrected chi connectivity index (χ2v) is 7.02. The number of nitrogens with zero attached hydrogens (tertiary/aromatic N) is 3. The second-order valence-electron chi connectivity index (χ2n) is 4.77. The van der Waals surface area contributed by atoms with Crippen molar-refractivity contribution in [3.05, 3.63) is 52.6 Å². The first-order valence-corrected chi connectivity index (χ1v) is 8.04. The summed E-state index contributed by atoms with van der Waals surface area (Å²) in [5.74, 6) is 0.465. The molecular weight excluding hydrogens is 298 g/mol. The Morgan fingerprint density at radius 1 is 1.30 bits per heavy atom. The molecular formula is C13H14ClN3O2S. The van der Waals surface area contributed by atoms with E-state index in [0.29, 0.717) is 30.4 Å². The van der Waals surface area contributed by atoms with Gasteiger partial charge in [-0.1, -0.05) is 17.7 Å². The molecule has 1 aromatic heterocycles. The number of aromatic nitrogens is 2. The predicted octanol–water partition coefficient (Wildman–Crippen LogP) is 2.00. The van der Waals surface area contributed by atoms with Crippen molar-refractivity contribution in [3.8, 4) is 0 Å². The van der Waals surface area contributed by atoms with Crippen molar-refractivity contribution in [1.82, 2.24) is 13.3 Å². The lowest BCUT2D eigenvalue weighted by atomic mass is 10.0. The molecule has 0 atom stereocenters. The molecule has 0 fully saturated rings. The maximum atomic E-state index is 12.6. The Labute approximate surface area is 123 Å². The van der Waals surface area contributed by atoms with Gasteiger partial charge in [-0.25, -0.2) is 8.96 Å². The number of fused-ring (bicyclic) bond motifs is 1.